The van der Waals surface area contributed by atoms with Gasteiger partial charge in [-0.1, -0.05) is 18.9 Å². The number of nitrogen functional groups attached to an aromatic ring is 1. The monoisotopic (exact) mass is 435 g/mol. The number of rotatable bonds is 4. The van der Waals surface area contributed by atoms with Crippen molar-refractivity contribution in [3.05, 3.63) is 34.5 Å². The zero-order valence-electron chi connectivity index (χ0n) is 17.5. The standard InChI is InChI=1S/C21H24F3N5O2/c1-10-8-9-13(31-3)11(2)16(10)28-18(25)15(19(26)30)14-17(21(22,23)24)29(27-20(14)28)12-6-4-5-7-12/h8-9,12H,4-7,25H2,1-3H3,(H2,26,30). The van der Waals surface area contributed by atoms with E-state index >= 15 is 0 Å². The number of hydrogen-bond acceptors (Lipinski definition) is 4. The van der Waals surface area contributed by atoms with Crippen LogP contribution in [0.3, 0.4) is 0 Å². The Morgan fingerprint density at radius 2 is 1.87 bits per heavy atom. The van der Waals surface area contributed by atoms with Crippen LogP contribution in [0.2, 0.25) is 0 Å². The van der Waals surface area contributed by atoms with E-state index in [4.69, 9.17) is 16.2 Å². The van der Waals surface area contributed by atoms with Gasteiger partial charge in [-0.05, 0) is 38.3 Å². The van der Waals surface area contributed by atoms with Gasteiger partial charge in [0.25, 0.3) is 5.91 Å². The summed E-state index contributed by atoms with van der Waals surface area (Å²) in [7, 11) is 1.50. The molecule has 0 saturated heterocycles. The molecule has 1 aromatic carbocycles. The van der Waals surface area contributed by atoms with Gasteiger partial charge in [0.2, 0.25) is 0 Å². The summed E-state index contributed by atoms with van der Waals surface area (Å²) in [5, 5.41) is 4.01. The first-order valence-electron chi connectivity index (χ1n) is 10.0. The molecule has 4 rings (SSSR count). The molecule has 1 amide bonds. The first kappa shape index (κ1) is 21.1. The van der Waals surface area contributed by atoms with E-state index in [1.54, 1.807) is 26.0 Å². The summed E-state index contributed by atoms with van der Waals surface area (Å²) in [4.78, 5) is 12.3. The van der Waals surface area contributed by atoms with Gasteiger partial charge in [0, 0.05) is 5.56 Å². The number of methoxy groups -OCH3 is 1. The molecule has 1 aliphatic rings. The van der Waals surface area contributed by atoms with Crippen LogP contribution in [-0.2, 0) is 6.18 Å². The predicted octanol–water partition coefficient (Wildman–Crippen LogP) is 4.27. The molecule has 1 fully saturated rings. The Balaban J connectivity index is 2.17. The lowest BCUT2D eigenvalue weighted by Crippen LogP contribution is -2.20. The van der Waals surface area contributed by atoms with Crippen molar-refractivity contribution in [3.8, 4) is 11.4 Å². The second-order valence-corrected chi connectivity index (χ2v) is 7.95. The average Bonchev–Trinajstić information content (AvgIpc) is 3.37. The lowest BCUT2D eigenvalue weighted by atomic mass is 10.1. The number of primary amides is 1. The van der Waals surface area contributed by atoms with Crippen LogP contribution in [0.25, 0.3) is 16.7 Å². The van der Waals surface area contributed by atoms with Crippen molar-refractivity contribution in [1.29, 1.82) is 0 Å². The van der Waals surface area contributed by atoms with Crippen molar-refractivity contribution in [2.75, 3.05) is 12.8 Å². The number of amides is 1. The van der Waals surface area contributed by atoms with Crippen LogP contribution in [0.4, 0.5) is 19.0 Å². The van der Waals surface area contributed by atoms with Crippen LogP contribution in [0.15, 0.2) is 12.1 Å². The summed E-state index contributed by atoms with van der Waals surface area (Å²) < 4.78 is 50.5. The zero-order chi connectivity index (χ0) is 22.7. The Bertz CT molecular complexity index is 1190. The molecule has 0 radical (unpaired) electrons. The molecule has 1 saturated carbocycles. The van der Waals surface area contributed by atoms with Gasteiger partial charge in [0.05, 0.1) is 29.8 Å². The number of aromatic nitrogens is 3. The first-order valence-corrected chi connectivity index (χ1v) is 10.0. The number of nitrogens with two attached hydrogens (primary N) is 2. The maximum Gasteiger partial charge on any atom is 0.433 e. The number of carbonyl (C=O) groups is 1. The highest BCUT2D eigenvalue weighted by Crippen LogP contribution is 2.45. The topological polar surface area (TPSA) is 101 Å². The summed E-state index contributed by atoms with van der Waals surface area (Å²) in [6, 6.07) is 3.14. The summed E-state index contributed by atoms with van der Waals surface area (Å²) in [6.45, 7) is 3.57. The van der Waals surface area contributed by atoms with Crippen molar-refractivity contribution in [3.63, 3.8) is 0 Å². The van der Waals surface area contributed by atoms with Crippen LogP contribution in [-0.4, -0.2) is 27.4 Å². The minimum absolute atomic E-state index is 0.0371. The molecular formula is C21H24F3N5O2. The summed E-state index contributed by atoms with van der Waals surface area (Å²) in [5.41, 5.74) is 12.3. The molecule has 0 unspecified atom stereocenters. The van der Waals surface area contributed by atoms with E-state index in [1.807, 2.05) is 0 Å². The fourth-order valence-electron chi connectivity index (χ4n) is 4.71. The first-order chi connectivity index (χ1) is 14.6. The third kappa shape index (κ3) is 3.12. The lowest BCUT2D eigenvalue weighted by Gasteiger charge is -2.18. The number of hydrogen-bond donors (Lipinski definition) is 2. The predicted molar refractivity (Wildman–Crippen MR) is 111 cm³/mol. The van der Waals surface area contributed by atoms with E-state index in [2.05, 4.69) is 5.10 Å². The largest absolute Gasteiger partial charge is 0.496 e. The second kappa shape index (κ2) is 7.21. The Morgan fingerprint density at radius 1 is 1.23 bits per heavy atom. The van der Waals surface area contributed by atoms with Crippen LogP contribution >= 0.6 is 0 Å². The highest BCUT2D eigenvalue weighted by Gasteiger charge is 2.43. The highest BCUT2D eigenvalue weighted by atomic mass is 19.4. The normalized spacial score (nSPS) is 15.2. The van der Waals surface area contributed by atoms with E-state index in [-0.39, 0.29) is 22.4 Å². The van der Waals surface area contributed by atoms with Gasteiger partial charge in [-0.2, -0.15) is 18.3 Å². The average molecular weight is 435 g/mol. The third-order valence-electron chi connectivity index (χ3n) is 6.06. The number of anilines is 1. The zero-order valence-corrected chi connectivity index (χ0v) is 17.5. The molecule has 2 aromatic heterocycles. The molecule has 7 nitrogen and oxygen atoms in total. The fourth-order valence-corrected chi connectivity index (χ4v) is 4.71. The molecule has 31 heavy (non-hydrogen) atoms. The van der Waals surface area contributed by atoms with Gasteiger partial charge in [-0.25, -0.2) is 0 Å². The van der Waals surface area contributed by atoms with Crippen molar-refractivity contribution in [2.24, 2.45) is 5.73 Å². The van der Waals surface area contributed by atoms with Gasteiger partial charge in [-0.15, -0.1) is 0 Å². The SMILES string of the molecule is COc1ccc(C)c(-n2c(N)c(C(N)=O)c3c(C(F)(F)F)n(C4CCCC4)nc32)c1C. The van der Waals surface area contributed by atoms with Crippen LogP contribution in [0.1, 0.15) is 58.9 Å². The van der Waals surface area contributed by atoms with Crippen LogP contribution in [0.5, 0.6) is 5.75 Å². The number of benzene rings is 1. The van der Waals surface area contributed by atoms with Crippen LogP contribution < -0.4 is 16.2 Å². The van der Waals surface area contributed by atoms with Crippen molar-refractivity contribution < 1.29 is 22.7 Å². The summed E-state index contributed by atoms with van der Waals surface area (Å²) >= 11 is 0. The quantitative estimate of drug-likeness (QED) is 0.639. The fraction of sp³-hybridized carbons (Fsp3) is 0.429. The minimum atomic E-state index is -4.74. The Labute approximate surface area is 176 Å². The van der Waals surface area contributed by atoms with E-state index in [9.17, 15) is 18.0 Å². The van der Waals surface area contributed by atoms with Gasteiger partial charge >= 0.3 is 6.18 Å². The molecule has 3 aromatic rings. The molecule has 0 atom stereocenters. The number of aryl methyl sites for hydroxylation is 1. The van der Waals surface area contributed by atoms with Crippen molar-refractivity contribution in [2.45, 2.75) is 51.7 Å². The molecular weight excluding hydrogens is 411 g/mol. The maximum atomic E-state index is 14.2. The number of fused-ring (bicyclic) bond motifs is 1. The van der Waals surface area contributed by atoms with E-state index in [0.717, 1.165) is 23.1 Å². The Hall–Kier alpha value is -3.17. The van der Waals surface area contributed by atoms with Gasteiger partial charge < -0.3 is 16.2 Å². The number of ether oxygens (including phenoxy) is 1. The smallest absolute Gasteiger partial charge is 0.433 e. The Kier molecular flexibility index (Phi) is 4.90. The van der Waals surface area contributed by atoms with E-state index < -0.39 is 23.8 Å². The molecule has 166 valence electrons. The molecule has 0 bridgehead atoms. The molecule has 2 heterocycles. The summed E-state index contributed by atoms with van der Waals surface area (Å²) in [5.74, 6) is -0.668. The van der Waals surface area contributed by atoms with Crippen molar-refractivity contribution >= 4 is 22.8 Å². The molecule has 10 heteroatoms. The summed E-state index contributed by atoms with van der Waals surface area (Å²) in [6.07, 6.45) is -1.91. The van der Waals surface area contributed by atoms with Crippen LogP contribution in [0, 0.1) is 13.8 Å². The molecule has 1 aliphatic carbocycles. The molecule has 0 spiro atoms. The molecule has 4 N–H and O–H groups in total. The van der Waals surface area contributed by atoms with E-state index in [1.165, 1.54) is 11.7 Å². The lowest BCUT2D eigenvalue weighted by molar-refractivity contribution is -0.143. The number of carbonyl (C=O) groups excluding carboxylic acids is 1. The number of alkyl halides is 3. The van der Waals surface area contributed by atoms with Gasteiger partial charge in [0.15, 0.2) is 11.3 Å². The Morgan fingerprint density at radius 3 is 2.42 bits per heavy atom. The third-order valence-corrected chi connectivity index (χ3v) is 6.06. The number of nitrogens with zero attached hydrogens (tertiary/aromatic N) is 3. The van der Waals surface area contributed by atoms with E-state index in [0.29, 0.717) is 29.8 Å². The second-order valence-electron chi connectivity index (χ2n) is 7.95. The van der Waals surface area contributed by atoms with Gasteiger partial charge in [-0.3, -0.25) is 14.0 Å². The number of halogens is 3. The van der Waals surface area contributed by atoms with Gasteiger partial charge in [0.1, 0.15) is 11.6 Å². The maximum absolute atomic E-state index is 14.2. The van der Waals surface area contributed by atoms with Crippen molar-refractivity contribution in [1.82, 2.24) is 14.3 Å². The molecule has 0 aliphatic heterocycles. The highest BCUT2D eigenvalue weighted by molar-refractivity contribution is 6.12. The minimum Gasteiger partial charge on any atom is -0.496 e.